The lowest BCUT2D eigenvalue weighted by Gasteiger charge is -2.12. The van der Waals surface area contributed by atoms with Gasteiger partial charge in [-0.05, 0) is 49.7 Å². The molecule has 0 spiro atoms. The van der Waals surface area contributed by atoms with Crippen LogP contribution in [0.1, 0.15) is 21.7 Å². The SMILES string of the molecule is COc1ccc(C)cc1Nc1nc(C)cc(C(=O)Nc2ccc3c(c2)OCO3)n1. The summed E-state index contributed by atoms with van der Waals surface area (Å²) < 4.78 is 16.0. The van der Waals surface area contributed by atoms with E-state index in [0.29, 0.717) is 34.6 Å². The molecule has 0 bridgehead atoms. The van der Waals surface area contributed by atoms with Crippen LogP contribution in [0.4, 0.5) is 17.3 Å². The van der Waals surface area contributed by atoms with E-state index in [2.05, 4.69) is 20.6 Å². The van der Waals surface area contributed by atoms with Gasteiger partial charge in [0.2, 0.25) is 12.7 Å². The summed E-state index contributed by atoms with van der Waals surface area (Å²) in [4.78, 5) is 21.5. The summed E-state index contributed by atoms with van der Waals surface area (Å²) in [5, 5.41) is 5.96. The predicted molar refractivity (Wildman–Crippen MR) is 108 cm³/mol. The Morgan fingerprint density at radius 2 is 1.86 bits per heavy atom. The van der Waals surface area contributed by atoms with Crippen molar-refractivity contribution < 1.29 is 19.0 Å². The van der Waals surface area contributed by atoms with Crippen LogP contribution in [0, 0.1) is 13.8 Å². The molecule has 8 nitrogen and oxygen atoms in total. The highest BCUT2D eigenvalue weighted by Gasteiger charge is 2.16. The molecule has 0 atom stereocenters. The number of hydrogen-bond acceptors (Lipinski definition) is 7. The number of anilines is 3. The van der Waals surface area contributed by atoms with E-state index < -0.39 is 0 Å². The van der Waals surface area contributed by atoms with E-state index in [1.165, 1.54) is 0 Å². The zero-order chi connectivity index (χ0) is 20.4. The molecular weight excluding hydrogens is 372 g/mol. The van der Waals surface area contributed by atoms with Gasteiger partial charge in [0.1, 0.15) is 11.4 Å². The zero-order valence-corrected chi connectivity index (χ0v) is 16.3. The van der Waals surface area contributed by atoms with Gasteiger partial charge in [0.15, 0.2) is 11.5 Å². The lowest BCUT2D eigenvalue weighted by Crippen LogP contribution is -2.15. The maximum Gasteiger partial charge on any atom is 0.274 e. The highest BCUT2D eigenvalue weighted by molar-refractivity contribution is 6.03. The van der Waals surface area contributed by atoms with Crippen molar-refractivity contribution in [2.75, 3.05) is 24.5 Å². The van der Waals surface area contributed by atoms with Gasteiger partial charge in [0.05, 0.1) is 12.8 Å². The molecule has 3 aromatic rings. The van der Waals surface area contributed by atoms with E-state index in [0.717, 1.165) is 11.3 Å². The minimum absolute atomic E-state index is 0.176. The third-order valence-electron chi connectivity index (χ3n) is 4.32. The van der Waals surface area contributed by atoms with E-state index in [1.54, 1.807) is 38.3 Å². The van der Waals surface area contributed by atoms with Gasteiger partial charge >= 0.3 is 0 Å². The monoisotopic (exact) mass is 392 g/mol. The third-order valence-corrected chi connectivity index (χ3v) is 4.32. The smallest absolute Gasteiger partial charge is 0.274 e. The second-order valence-electron chi connectivity index (χ2n) is 6.57. The molecule has 0 aliphatic carbocycles. The summed E-state index contributed by atoms with van der Waals surface area (Å²) in [6.45, 7) is 3.96. The van der Waals surface area contributed by atoms with E-state index in [-0.39, 0.29) is 18.4 Å². The number of carbonyl (C=O) groups excluding carboxylic acids is 1. The van der Waals surface area contributed by atoms with Crippen molar-refractivity contribution in [1.29, 1.82) is 0 Å². The number of fused-ring (bicyclic) bond motifs is 1. The molecule has 0 saturated heterocycles. The topological polar surface area (TPSA) is 94.6 Å². The van der Waals surface area contributed by atoms with Crippen molar-refractivity contribution >= 4 is 23.2 Å². The molecule has 1 aliphatic heterocycles. The molecule has 1 aliphatic rings. The molecule has 1 aromatic heterocycles. The van der Waals surface area contributed by atoms with Crippen molar-refractivity contribution in [2.24, 2.45) is 0 Å². The summed E-state index contributed by atoms with van der Waals surface area (Å²) in [5.41, 5.74) is 3.27. The zero-order valence-electron chi connectivity index (χ0n) is 16.3. The van der Waals surface area contributed by atoms with Crippen molar-refractivity contribution in [3.8, 4) is 17.2 Å². The van der Waals surface area contributed by atoms with Gasteiger partial charge in [0, 0.05) is 17.4 Å². The summed E-state index contributed by atoms with van der Waals surface area (Å²) in [6.07, 6.45) is 0. The van der Waals surface area contributed by atoms with Gasteiger partial charge in [-0.2, -0.15) is 0 Å². The molecule has 0 fully saturated rings. The number of nitrogens with zero attached hydrogens (tertiary/aromatic N) is 2. The number of nitrogens with one attached hydrogen (secondary N) is 2. The highest BCUT2D eigenvalue weighted by atomic mass is 16.7. The van der Waals surface area contributed by atoms with Crippen LogP contribution in [0.3, 0.4) is 0 Å². The van der Waals surface area contributed by atoms with Gasteiger partial charge in [-0.1, -0.05) is 6.07 Å². The van der Waals surface area contributed by atoms with Crippen LogP contribution in [0.15, 0.2) is 42.5 Å². The number of rotatable bonds is 5. The van der Waals surface area contributed by atoms with Gasteiger partial charge in [0.25, 0.3) is 5.91 Å². The Bertz CT molecular complexity index is 1080. The Kier molecular flexibility index (Phi) is 4.90. The Morgan fingerprint density at radius 3 is 2.69 bits per heavy atom. The molecule has 29 heavy (non-hydrogen) atoms. The standard InChI is InChI=1S/C21H20N4O4/c1-12-4-6-17(27-3)15(8-12)24-21-22-13(2)9-16(25-21)20(26)23-14-5-7-18-19(10-14)29-11-28-18/h4-10H,11H2,1-3H3,(H,23,26)(H,22,24,25). The molecule has 0 saturated carbocycles. The van der Waals surface area contributed by atoms with Crippen molar-refractivity contribution in [3.05, 3.63) is 59.4 Å². The van der Waals surface area contributed by atoms with Crippen molar-refractivity contribution in [1.82, 2.24) is 9.97 Å². The number of methoxy groups -OCH3 is 1. The summed E-state index contributed by atoms with van der Waals surface area (Å²) in [7, 11) is 1.59. The molecule has 4 rings (SSSR count). The van der Waals surface area contributed by atoms with E-state index in [1.807, 2.05) is 25.1 Å². The maximum absolute atomic E-state index is 12.7. The van der Waals surface area contributed by atoms with Gasteiger partial charge < -0.3 is 24.8 Å². The average Bonchev–Trinajstić information content (AvgIpc) is 3.15. The first-order valence-corrected chi connectivity index (χ1v) is 9.00. The van der Waals surface area contributed by atoms with Gasteiger partial charge in [-0.25, -0.2) is 9.97 Å². The van der Waals surface area contributed by atoms with Crippen LogP contribution >= 0.6 is 0 Å². The van der Waals surface area contributed by atoms with Crippen molar-refractivity contribution in [3.63, 3.8) is 0 Å². The molecular formula is C21H20N4O4. The number of benzene rings is 2. The fourth-order valence-corrected chi connectivity index (χ4v) is 2.95. The minimum Gasteiger partial charge on any atom is -0.495 e. The van der Waals surface area contributed by atoms with E-state index in [4.69, 9.17) is 14.2 Å². The highest BCUT2D eigenvalue weighted by Crippen LogP contribution is 2.34. The fourth-order valence-electron chi connectivity index (χ4n) is 2.95. The number of aromatic nitrogens is 2. The largest absolute Gasteiger partial charge is 0.495 e. The van der Waals surface area contributed by atoms with Gasteiger partial charge in [-0.3, -0.25) is 4.79 Å². The number of carbonyl (C=O) groups is 1. The lowest BCUT2D eigenvalue weighted by molar-refractivity contribution is 0.102. The molecule has 2 heterocycles. The Morgan fingerprint density at radius 1 is 1.03 bits per heavy atom. The molecule has 8 heteroatoms. The average molecular weight is 392 g/mol. The quantitative estimate of drug-likeness (QED) is 0.681. The molecule has 2 aromatic carbocycles. The molecule has 1 amide bonds. The van der Waals surface area contributed by atoms with Crippen molar-refractivity contribution in [2.45, 2.75) is 13.8 Å². The van der Waals surface area contributed by atoms with Crippen LogP contribution in [-0.2, 0) is 0 Å². The Balaban J connectivity index is 1.56. The lowest BCUT2D eigenvalue weighted by atomic mass is 10.2. The second-order valence-corrected chi connectivity index (χ2v) is 6.57. The van der Waals surface area contributed by atoms with Crippen LogP contribution in [0.5, 0.6) is 17.2 Å². The number of ether oxygens (including phenoxy) is 3. The first-order chi connectivity index (χ1) is 14.0. The van der Waals surface area contributed by atoms with Crippen LogP contribution in [0.25, 0.3) is 0 Å². The first-order valence-electron chi connectivity index (χ1n) is 9.00. The molecule has 0 radical (unpaired) electrons. The Hall–Kier alpha value is -3.81. The third kappa shape index (κ3) is 4.06. The van der Waals surface area contributed by atoms with Crippen LogP contribution in [-0.4, -0.2) is 29.8 Å². The molecule has 148 valence electrons. The number of hydrogen-bond donors (Lipinski definition) is 2. The molecule has 0 unspecified atom stereocenters. The predicted octanol–water partition coefficient (Wildman–Crippen LogP) is 3.83. The second kappa shape index (κ2) is 7.67. The maximum atomic E-state index is 12.7. The van der Waals surface area contributed by atoms with Crippen LogP contribution < -0.4 is 24.8 Å². The number of amides is 1. The van der Waals surface area contributed by atoms with Gasteiger partial charge in [-0.15, -0.1) is 0 Å². The van der Waals surface area contributed by atoms with E-state index in [9.17, 15) is 4.79 Å². The summed E-state index contributed by atoms with van der Waals surface area (Å²) in [5.74, 6) is 1.86. The van der Waals surface area contributed by atoms with Crippen LogP contribution in [0.2, 0.25) is 0 Å². The summed E-state index contributed by atoms with van der Waals surface area (Å²) in [6, 6.07) is 12.6. The molecule has 2 N–H and O–H groups in total. The van der Waals surface area contributed by atoms with E-state index >= 15 is 0 Å². The fraction of sp³-hybridized carbons (Fsp3) is 0.190. The first kappa shape index (κ1) is 18.5. The minimum atomic E-state index is -0.353. The number of aryl methyl sites for hydroxylation is 2. The Labute approximate surface area is 167 Å². The summed E-state index contributed by atoms with van der Waals surface area (Å²) >= 11 is 0. The normalized spacial score (nSPS) is 11.8.